The molecule has 38 heavy (non-hydrogen) atoms. The predicted octanol–water partition coefficient (Wildman–Crippen LogP) is 3.85. The molecule has 0 bridgehead atoms. The van der Waals surface area contributed by atoms with Crippen LogP contribution >= 0.6 is 11.6 Å². The average Bonchev–Trinajstić information content (AvgIpc) is 2.95. The Labute approximate surface area is 227 Å². The van der Waals surface area contributed by atoms with Crippen molar-refractivity contribution < 1.29 is 22.7 Å². The molecule has 0 unspecified atom stereocenters. The minimum atomic E-state index is -3.78. The second kappa shape index (κ2) is 11.1. The monoisotopic (exact) mass is 553 g/mol. The molecule has 3 aromatic rings. The molecule has 0 aliphatic carbocycles. The van der Waals surface area contributed by atoms with Gasteiger partial charge in [0.1, 0.15) is 5.75 Å². The molecule has 1 fully saturated rings. The van der Waals surface area contributed by atoms with E-state index in [0.29, 0.717) is 42.4 Å². The number of amides is 2. The third-order valence-electron chi connectivity index (χ3n) is 6.83. The summed E-state index contributed by atoms with van der Waals surface area (Å²) >= 11 is 5.93. The number of carbonyl (C=O) groups is 2. The number of anilines is 1. The molecule has 8 nitrogen and oxygen atoms in total. The van der Waals surface area contributed by atoms with Gasteiger partial charge in [-0.3, -0.25) is 9.59 Å². The van der Waals surface area contributed by atoms with Gasteiger partial charge in [0.15, 0.2) is 6.10 Å². The van der Waals surface area contributed by atoms with Gasteiger partial charge in [0, 0.05) is 24.7 Å². The summed E-state index contributed by atoms with van der Waals surface area (Å²) in [6.45, 7) is 0.777. The molecule has 198 valence electrons. The number of fused-ring (bicyclic) bond motifs is 1. The summed E-state index contributed by atoms with van der Waals surface area (Å²) < 4.78 is 33.8. The summed E-state index contributed by atoms with van der Waals surface area (Å²) in [5, 5.41) is 3.34. The summed E-state index contributed by atoms with van der Waals surface area (Å²) in [6.07, 6.45) is 0.210. The van der Waals surface area contributed by atoms with Crippen LogP contribution in [0.2, 0.25) is 5.02 Å². The van der Waals surface area contributed by atoms with E-state index in [-0.39, 0.29) is 29.8 Å². The van der Waals surface area contributed by atoms with E-state index in [1.807, 2.05) is 30.3 Å². The fourth-order valence-electron chi connectivity index (χ4n) is 4.82. The van der Waals surface area contributed by atoms with Gasteiger partial charge in [0.2, 0.25) is 15.9 Å². The number of piperidine rings is 1. The van der Waals surface area contributed by atoms with Gasteiger partial charge in [-0.05, 0) is 54.8 Å². The number of sulfonamides is 1. The van der Waals surface area contributed by atoms with Crippen molar-refractivity contribution in [3.8, 4) is 5.75 Å². The summed E-state index contributed by atoms with van der Waals surface area (Å²) in [5.41, 5.74) is 1.52. The summed E-state index contributed by atoms with van der Waals surface area (Å²) in [5.74, 6) is -0.659. The molecule has 1 saturated heterocycles. The molecule has 2 aliphatic rings. The fraction of sp³-hybridized carbons (Fsp3) is 0.286. The first-order valence-corrected chi connectivity index (χ1v) is 14.3. The van der Waals surface area contributed by atoms with Gasteiger partial charge in [0.05, 0.1) is 23.0 Å². The normalized spacial score (nSPS) is 19.8. The smallest absolute Gasteiger partial charge is 0.263 e. The molecule has 5 rings (SSSR count). The van der Waals surface area contributed by atoms with Crippen LogP contribution in [0.25, 0.3) is 0 Å². The Morgan fingerprint density at radius 1 is 0.947 bits per heavy atom. The molecular formula is C28H28ClN3O5S. The Kier molecular flexibility index (Phi) is 7.69. The van der Waals surface area contributed by atoms with Crippen molar-refractivity contribution >= 4 is 39.1 Å². The molecule has 2 heterocycles. The number of nitrogens with one attached hydrogen (secondary N) is 1. The Hall–Kier alpha value is -3.40. The quantitative estimate of drug-likeness (QED) is 0.500. The van der Waals surface area contributed by atoms with Crippen LogP contribution in [0.5, 0.6) is 5.75 Å². The van der Waals surface area contributed by atoms with E-state index < -0.39 is 22.0 Å². The zero-order chi connectivity index (χ0) is 26.7. The third kappa shape index (κ3) is 5.55. The molecule has 2 atom stereocenters. The van der Waals surface area contributed by atoms with Crippen LogP contribution in [0, 0.1) is 5.92 Å². The molecular weight excluding hydrogens is 526 g/mol. The van der Waals surface area contributed by atoms with Crippen molar-refractivity contribution in [1.82, 2.24) is 9.62 Å². The van der Waals surface area contributed by atoms with E-state index in [1.165, 1.54) is 28.6 Å². The first-order chi connectivity index (χ1) is 18.3. The van der Waals surface area contributed by atoms with Gasteiger partial charge in [-0.1, -0.05) is 54.1 Å². The predicted molar refractivity (Wildman–Crippen MR) is 144 cm³/mol. The number of ether oxygens (including phenoxy) is 1. The van der Waals surface area contributed by atoms with Crippen molar-refractivity contribution in [2.45, 2.75) is 30.4 Å². The van der Waals surface area contributed by atoms with Crippen molar-refractivity contribution in [3.63, 3.8) is 0 Å². The van der Waals surface area contributed by atoms with Gasteiger partial charge >= 0.3 is 0 Å². The Bertz CT molecular complexity index is 1420. The van der Waals surface area contributed by atoms with Crippen molar-refractivity contribution in [1.29, 1.82) is 0 Å². The standard InChI is InChI=1S/C28H28ClN3O5S/c29-22-12-14-23(15-13-22)38(35,36)31-16-6-9-21(18-31)28(34)32-19-26(37-25-11-5-4-10-24(25)32)27(33)30-17-20-7-2-1-3-8-20/h1-5,7-8,10-15,21,26H,6,9,16-19H2,(H,30,33)/t21-,26-/m0/s1. The van der Waals surface area contributed by atoms with Gasteiger partial charge in [-0.2, -0.15) is 4.31 Å². The zero-order valence-electron chi connectivity index (χ0n) is 20.6. The van der Waals surface area contributed by atoms with Crippen molar-refractivity contribution in [2.24, 2.45) is 5.92 Å². The second-order valence-corrected chi connectivity index (χ2v) is 11.8. The molecule has 3 aromatic carbocycles. The molecule has 0 saturated carbocycles. The van der Waals surface area contributed by atoms with Crippen LogP contribution < -0.4 is 15.0 Å². The molecule has 2 aliphatic heterocycles. The van der Waals surface area contributed by atoms with E-state index in [1.54, 1.807) is 29.2 Å². The highest BCUT2D eigenvalue weighted by atomic mass is 35.5. The van der Waals surface area contributed by atoms with Crippen LogP contribution in [-0.4, -0.2) is 50.3 Å². The Morgan fingerprint density at radius 3 is 2.42 bits per heavy atom. The van der Waals surface area contributed by atoms with Gasteiger partial charge in [0.25, 0.3) is 5.91 Å². The Morgan fingerprint density at radius 2 is 1.66 bits per heavy atom. The summed E-state index contributed by atoms with van der Waals surface area (Å²) in [4.78, 5) is 28.5. The average molecular weight is 554 g/mol. The largest absolute Gasteiger partial charge is 0.477 e. The highest BCUT2D eigenvalue weighted by Gasteiger charge is 2.39. The van der Waals surface area contributed by atoms with Crippen molar-refractivity contribution in [3.05, 3.63) is 89.4 Å². The number of benzene rings is 3. The fourth-order valence-corrected chi connectivity index (χ4v) is 6.47. The number of para-hydroxylation sites is 2. The maximum atomic E-state index is 13.8. The number of rotatable bonds is 6. The molecule has 0 spiro atoms. The second-order valence-electron chi connectivity index (χ2n) is 9.38. The molecule has 1 N–H and O–H groups in total. The van der Waals surface area contributed by atoms with Crippen LogP contribution in [-0.2, 0) is 26.2 Å². The van der Waals surface area contributed by atoms with E-state index >= 15 is 0 Å². The highest BCUT2D eigenvalue weighted by molar-refractivity contribution is 7.89. The van der Waals surface area contributed by atoms with Gasteiger partial charge in [-0.25, -0.2) is 8.42 Å². The zero-order valence-corrected chi connectivity index (χ0v) is 22.2. The molecule has 0 aromatic heterocycles. The lowest BCUT2D eigenvalue weighted by molar-refractivity contribution is -0.129. The van der Waals surface area contributed by atoms with Crippen LogP contribution in [0.1, 0.15) is 18.4 Å². The van der Waals surface area contributed by atoms with Crippen molar-refractivity contribution in [2.75, 3.05) is 24.5 Å². The maximum absolute atomic E-state index is 13.8. The lowest BCUT2D eigenvalue weighted by Gasteiger charge is -2.38. The summed E-state index contributed by atoms with van der Waals surface area (Å²) in [7, 11) is -3.78. The van der Waals surface area contributed by atoms with E-state index in [9.17, 15) is 18.0 Å². The minimum Gasteiger partial charge on any atom is -0.477 e. The van der Waals surface area contributed by atoms with Crippen LogP contribution in [0.3, 0.4) is 0 Å². The lowest BCUT2D eigenvalue weighted by atomic mass is 9.97. The molecule has 0 radical (unpaired) electrons. The number of carbonyl (C=O) groups excluding carboxylic acids is 2. The van der Waals surface area contributed by atoms with E-state index in [0.717, 1.165) is 5.56 Å². The minimum absolute atomic E-state index is 0.0386. The molecule has 10 heteroatoms. The molecule has 2 amide bonds. The van der Waals surface area contributed by atoms with Gasteiger partial charge in [-0.15, -0.1) is 0 Å². The lowest BCUT2D eigenvalue weighted by Crippen LogP contribution is -2.53. The SMILES string of the molecule is O=C(NCc1ccccc1)[C@@H]1CN(C(=O)[C@H]2CCCN(S(=O)(=O)c3ccc(Cl)cc3)C2)c2ccccc2O1. The topological polar surface area (TPSA) is 96.0 Å². The van der Waals surface area contributed by atoms with E-state index in [2.05, 4.69) is 5.32 Å². The van der Waals surface area contributed by atoms with Crippen LogP contribution in [0.4, 0.5) is 5.69 Å². The number of halogens is 1. The summed E-state index contributed by atoms with van der Waals surface area (Å²) in [6, 6.07) is 22.6. The maximum Gasteiger partial charge on any atom is 0.263 e. The third-order valence-corrected chi connectivity index (χ3v) is 8.96. The number of hydrogen-bond acceptors (Lipinski definition) is 5. The Balaban J connectivity index is 1.32. The first-order valence-electron chi connectivity index (χ1n) is 12.5. The number of hydrogen-bond donors (Lipinski definition) is 1. The van der Waals surface area contributed by atoms with Gasteiger partial charge < -0.3 is 15.0 Å². The van der Waals surface area contributed by atoms with E-state index in [4.69, 9.17) is 16.3 Å². The first kappa shape index (κ1) is 26.2. The van der Waals surface area contributed by atoms with Crippen LogP contribution in [0.15, 0.2) is 83.8 Å². The number of nitrogens with zero attached hydrogens (tertiary/aromatic N) is 2. The highest BCUT2D eigenvalue weighted by Crippen LogP contribution is 2.35.